The zero-order valence-electron chi connectivity index (χ0n) is 12.0. The van der Waals surface area contributed by atoms with Crippen LogP contribution in [0.5, 0.6) is 0 Å². The summed E-state index contributed by atoms with van der Waals surface area (Å²) in [6, 6.07) is 6.46. The Morgan fingerprint density at radius 2 is 2.19 bits per heavy atom. The summed E-state index contributed by atoms with van der Waals surface area (Å²) in [5, 5.41) is 0. The molecule has 21 heavy (non-hydrogen) atoms. The molecule has 2 aliphatic rings. The molecule has 4 nitrogen and oxygen atoms in total. The van der Waals surface area contributed by atoms with Gasteiger partial charge in [0.25, 0.3) is 0 Å². The molecule has 106 valence electrons. The Kier molecular flexibility index (Phi) is 2.77. The lowest BCUT2D eigenvalue weighted by atomic mass is 9.77. The van der Waals surface area contributed by atoms with E-state index in [1.807, 2.05) is 13.1 Å². The van der Waals surface area contributed by atoms with Crippen LogP contribution in [0.3, 0.4) is 0 Å². The van der Waals surface area contributed by atoms with E-state index in [-0.39, 0.29) is 5.54 Å². The average Bonchev–Trinajstić information content (AvgIpc) is 2.88. The number of nitrogens with zero attached hydrogens (tertiary/aromatic N) is 3. The van der Waals surface area contributed by atoms with Crippen LogP contribution in [-0.2, 0) is 17.6 Å². The van der Waals surface area contributed by atoms with Gasteiger partial charge in [-0.05, 0) is 24.0 Å². The summed E-state index contributed by atoms with van der Waals surface area (Å²) in [5.74, 6) is 0.815. The van der Waals surface area contributed by atoms with Crippen molar-refractivity contribution < 1.29 is 4.74 Å². The van der Waals surface area contributed by atoms with E-state index in [9.17, 15) is 0 Å². The van der Waals surface area contributed by atoms with Gasteiger partial charge in [-0.15, -0.1) is 0 Å². The summed E-state index contributed by atoms with van der Waals surface area (Å²) in [6.45, 7) is 2.64. The maximum Gasteiger partial charge on any atom is 0.180 e. The summed E-state index contributed by atoms with van der Waals surface area (Å²) in [4.78, 5) is 13.4. The number of hydrogen-bond acceptors (Lipinski definition) is 4. The number of benzene rings is 1. The van der Waals surface area contributed by atoms with Crippen LogP contribution in [0.4, 0.5) is 0 Å². The van der Waals surface area contributed by atoms with E-state index in [4.69, 9.17) is 9.73 Å². The quantitative estimate of drug-likeness (QED) is 0.806. The lowest BCUT2D eigenvalue weighted by Crippen LogP contribution is -2.35. The number of rotatable bonds is 1. The molecule has 1 aromatic carbocycles. The first kappa shape index (κ1) is 12.5. The van der Waals surface area contributed by atoms with Gasteiger partial charge in [0, 0.05) is 31.3 Å². The highest BCUT2D eigenvalue weighted by Crippen LogP contribution is 2.38. The summed E-state index contributed by atoms with van der Waals surface area (Å²) >= 11 is 0. The van der Waals surface area contributed by atoms with E-state index in [1.54, 1.807) is 12.4 Å². The Hall–Kier alpha value is -2.23. The maximum absolute atomic E-state index is 5.63. The third kappa shape index (κ3) is 2.11. The summed E-state index contributed by atoms with van der Waals surface area (Å²) in [6.07, 6.45) is 8.31. The number of aliphatic imine (C=N–C) groups is 1. The topological polar surface area (TPSA) is 47.4 Å². The Morgan fingerprint density at radius 3 is 2.95 bits per heavy atom. The van der Waals surface area contributed by atoms with E-state index in [0.717, 1.165) is 30.9 Å². The first-order valence-electron chi connectivity index (χ1n) is 7.32. The fraction of sp³-hybridized carbons (Fsp3) is 0.353. The van der Waals surface area contributed by atoms with Crippen LogP contribution >= 0.6 is 0 Å². The van der Waals surface area contributed by atoms with E-state index < -0.39 is 0 Å². The molecule has 0 fully saturated rings. The summed E-state index contributed by atoms with van der Waals surface area (Å²) in [7, 11) is 0. The van der Waals surface area contributed by atoms with Crippen molar-refractivity contribution in [3.63, 3.8) is 0 Å². The Balaban J connectivity index is 1.80. The normalized spacial score (nSPS) is 23.6. The Labute approximate surface area is 123 Å². The SMILES string of the molecule is CC1=N[C@]2(CCc3cccc(-c4cnccn4)c3C2)CO1. The smallest absolute Gasteiger partial charge is 0.180 e. The number of aryl methyl sites for hydroxylation is 1. The van der Waals surface area contributed by atoms with Crippen LogP contribution in [0.2, 0.25) is 0 Å². The molecule has 0 amide bonds. The fourth-order valence-corrected chi connectivity index (χ4v) is 3.40. The first-order chi connectivity index (χ1) is 10.3. The molecule has 0 bridgehead atoms. The molecule has 0 saturated heterocycles. The summed E-state index contributed by atoms with van der Waals surface area (Å²) < 4.78 is 5.63. The highest BCUT2D eigenvalue weighted by atomic mass is 16.5. The molecule has 1 aromatic heterocycles. The van der Waals surface area contributed by atoms with Crippen molar-refractivity contribution in [1.82, 2.24) is 9.97 Å². The predicted octanol–water partition coefficient (Wildman–Crippen LogP) is 2.82. The third-order valence-corrected chi connectivity index (χ3v) is 4.42. The summed E-state index contributed by atoms with van der Waals surface area (Å²) in [5.41, 5.74) is 4.80. The second-order valence-electron chi connectivity index (χ2n) is 5.85. The van der Waals surface area contributed by atoms with Gasteiger partial charge < -0.3 is 4.74 Å². The third-order valence-electron chi connectivity index (χ3n) is 4.42. The van der Waals surface area contributed by atoms with Crippen LogP contribution < -0.4 is 0 Å². The van der Waals surface area contributed by atoms with Gasteiger partial charge in [0.1, 0.15) is 12.1 Å². The molecule has 1 spiro atoms. The van der Waals surface area contributed by atoms with Crippen LogP contribution in [0.25, 0.3) is 11.3 Å². The van der Waals surface area contributed by atoms with Crippen molar-refractivity contribution >= 4 is 5.90 Å². The van der Waals surface area contributed by atoms with Crippen molar-refractivity contribution in [2.24, 2.45) is 4.99 Å². The number of ether oxygens (including phenoxy) is 1. The molecule has 2 aromatic rings. The Bertz CT molecular complexity index is 711. The maximum atomic E-state index is 5.63. The van der Waals surface area contributed by atoms with Crippen LogP contribution in [0.15, 0.2) is 41.8 Å². The molecule has 0 saturated carbocycles. The monoisotopic (exact) mass is 279 g/mol. The standard InChI is InChI=1S/C17H17N3O/c1-12-20-17(11-21-12)6-5-13-3-2-4-14(15(13)9-17)16-10-18-7-8-19-16/h2-4,7-8,10H,5-6,9,11H2,1H3/t17-/m0/s1. The van der Waals surface area contributed by atoms with Crippen molar-refractivity contribution in [3.8, 4) is 11.3 Å². The highest BCUT2D eigenvalue weighted by Gasteiger charge is 2.39. The predicted molar refractivity (Wildman–Crippen MR) is 81.3 cm³/mol. The van der Waals surface area contributed by atoms with Crippen LogP contribution in [0.1, 0.15) is 24.5 Å². The largest absolute Gasteiger partial charge is 0.479 e. The number of hydrogen-bond donors (Lipinski definition) is 0. The van der Waals surface area contributed by atoms with Crippen molar-refractivity contribution in [3.05, 3.63) is 47.9 Å². The fourth-order valence-electron chi connectivity index (χ4n) is 3.40. The molecule has 2 heterocycles. The number of fused-ring (bicyclic) bond motifs is 1. The molecule has 4 heteroatoms. The van der Waals surface area contributed by atoms with Gasteiger partial charge in [0.05, 0.1) is 11.9 Å². The van der Waals surface area contributed by atoms with E-state index in [0.29, 0.717) is 6.61 Å². The zero-order valence-corrected chi connectivity index (χ0v) is 12.0. The van der Waals surface area contributed by atoms with Gasteiger partial charge in [0.2, 0.25) is 0 Å². The first-order valence-corrected chi connectivity index (χ1v) is 7.32. The number of aromatic nitrogens is 2. The molecule has 0 N–H and O–H groups in total. The molecule has 1 atom stereocenters. The van der Waals surface area contributed by atoms with Gasteiger partial charge in [-0.25, -0.2) is 4.99 Å². The molecule has 0 radical (unpaired) electrons. The molecule has 1 aliphatic heterocycles. The minimum Gasteiger partial charge on any atom is -0.479 e. The van der Waals surface area contributed by atoms with Gasteiger partial charge >= 0.3 is 0 Å². The lowest BCUT2D eigenvalue weighted by molar-refractivity contribution is 0.236. The molecular formula is C17H17N3O. The van der Waals surface area contributed by atoms with Crippen LogP contribution in [0, 0.1) is 0 Å². The second kappa shape index (κ2) is 4.65. The van der Waals surface area contributed by atoms with E-state index >= 15 is 0 Å². The van der Waals surface area contributed by atoms with Gasteiger partial charge in [0.15, 0.2) is 5.90 Å². The Morgan fingerprint density at radius 1 is 1.24 bits per heavy atom. The molecular weight excluding hydrogens is 262 g/mol. The minimum absolute atomic E-state index is 0.0740. The van der Waals surface area contributed by atoms with Gasteiger partial charge in [-0.1, -0.05) is 18.2 Å². The molecule has 4 rings (SSSR count). The van der Waals surface area contributed by atoms with E-state index in [1.165, 1.54) is 16.7 Å². The minimum atomic E-state index is -0.0740. The van der Waals surface area contributed by atoms with Gasteiger partial charge in [-0.3, -0.25) is 9.97 Å². The highest BCUT2D eigenvalue weighted by molar-refractivity contribution is 5.76. The van der Waals surface area contributed by atoms with Crippen molar-refractivity contribution in [2.45, 2.75) is 31.7 Å². The van der Waals surface area contributed by atoms with E-state index in [2.05, 4.69) is 28.2 Å². The average molecular weight is 279 g/mol. The van der Waals surface area contributed by atoms with Crippen molar-refractivity contribution in [2.75, 3.05) is 6.61 Å². The van der Waals surface area contributed by atoms with Crippen LogP contribution in [-0.4, -0.2) is 28.0 Å². The second-order valence-corrected chi connectivity index (χ2v) is 5.85. The van der Waals surface area contributed by atoms with Crippen molar-refractivity contribution in [1.29, 1.82) is 0 Å². The zero-order chi connectivity index (χ0) is 14.3. The molecule has 1 aliphatic carbocycles. The van der Waals surface area contributed by atoms with Gasteiger partial charge in [-0.2, -0.15) is 0 Å². The molecule has 0 unspecified atom stereocenters. The lowest BCUT2D eigenvalue weighted by Gasteiger charge is -2.31.